The maximum atomic E-state index is 11.3. The molecule has 0 N–H and O–H groups in total. The molecule has 1 aliphatic heterocycles. The normalized spacial score (nSPS) is 14.3. The van der Waals surface area contributed by atoms with Crippen LogP contribution in [-0.2, 0) is 0 Å². The molecule has 0 bridgehead atoms. The van der Waals surface area contributed by atoms with Crippen LogP contribution in [-0.4, -0.2) is 23.0 Å². The van der Waals surface area contributed by atoms with Crippen molar-refractivity contribution in [1.82, 2.24) is 4.98 Å². The fourth-order valence-electron chi connectivity index (χ4n) is 2.96. The molecular formula is C17H16N4O2. The zero-order valence-electron chi connectivity index (χ0n) is 12.6. The number of nitro benzene ring substituents is 1. The second-order valence-corrected chi connectivity index (χ2v) is 5.54. The van der Waals surface area contributed by atoms with Gasteiger partial charge in [-0.1, -0.05) is 0 Å². The quantitative estimate of drug-likeness (QED) is 0.640. The van der Waals surface area contributed by atoms with E-state index < -0.39 is 0 Å². The molecule has 0 spiro atoms. The molecule has 1 aromatic carbocycles. The number of nitrogens with zero attached hydrogens (tertiary/aromatic N) is 4. The van der Waals surface area contributed by atoms with Crippen LogP contribution >= 0.6 is 0 Å². The van der Waals surface area contributed by atoms with E-state index in [9.17, 15) is 15.4 Å². The van der Waals surface area contributed by atoms with Gasteiger partial charge in [-0.25, -0.2) is 0 Å². The van der Waals surface area contributed by atoms with Crippen molar-refractivity contribution in [2.45, 2.75) is 19.3 Å². The molecule has 0 radical (unpaired) electrons. The zero-order chi connectivity index (χ0) is 16.2. The van der Waals surface area contributed by atoms with Crippen LogP contribution in [0.4, 0.5) is 11.4 Å². The number of hydrogen-bond acceptors (Lipinski definition) is 5. The molecule has 6 nitrogen and oxygen atoms in total. The predicted molar refractivity (Wildman–Crippen MR) is 87.1 cm³/mol. The van der Waals surface area contributed by atoms with Crippen LogP contribution in [0.5, 0.6) is 0 Å². The van der Waals surface area contributed by atoms with Crippen LogP contribution < -0.4 is 4.90 Å². The Bertz CT molecular complexity index is 776. The van der Waals surface area contributed by atoms with Crippen molar-refractivity contribution in [2.24, 2.45) is 0 Å². The van der Waals surface area contributed by atoms with Gasteiger partial charge in [0, 0.05) is 37.1 Å². The first kappa shape index (κ1) is 15.0. The Hall–Kier alpha value is -2.94. The van der Waals surface area contributed by atoms with E-state index >= 15 is 0 Å². The van der Waals surface area contributed by atoms with Gasteiger partial charge in [-0.2, -0.15) is 5.26 Å². The third-order valence-corrected chi connectivity index (χ3v) is 4.12. The van der Waals surface area contributed by atoms with Gasteiger partial charge in [0.15, 0.2) is 0 Å². The van der Waals surface area contributed by atoms with Gasteiger partial charge in [-0.05, 0) is 43.0 Å². The smallest absolute Gasteiger partial charge is 0.292 e. The third kappa shape index (κ3) is 2.99. The van der Waals surface area contributed by atoms with Gasteiger partial charge in [-0.15, -0.1) is 0 Å². The predicted octanol–water partition coefficient (Wildman–Crippen LogP) is 3.52. The Balaban J connectivity index is 2.10. The van der Waals surface area contributed by atoms with Crippen LogP contribution in [0.1, 0.15) is 24.8 Å². The summed E-state index contributed by atoms with van der Waals surface area (Å²) in [4.78, 5) is 17.1. The molecule has 0 amide bonds. The van der Waals surface area contributed by atoms with E-state index in [1.807, 2.05) is 0 Å². The van der Waals surface area contributed by atoms with Gasteiger partial charge in [0.1, 0.15) is 5.69 Å². The molecule has 1 aromatic heterocycles. The van der Waals surface area contributed by atoms with Crippen LogP contribution in [0.3, 0.4) is 0 Å². The van der Waals surface area contributed by atoms with Gasteiger partial charge in [0.25, 0.3) is 5.69 Å². The third-order valence-electron chi connectivity index (χ3n) is 4.12. The summed E-state index contributed by atoms with van der Waals surface area (Å²) < 4.78 is 0. The highest BCUT2D eigenvalue weighted by molar-refractivity contribution is 5.77. The first-order chi connectivity index (χ1) is 11.2. The van der Waals surface area contributed by atoms with Crippen LogP contribution in [0.2, 0.25) is 0 Å². The number of nitro groups is 1. The van der Waals surface area contributed by atoms with Crippen molar-refractivity contribution >= 4 is 11.4 Å². The minimum atomic E-state index is -0.345. The Labute approximate surface area is 134 Å². The second kappa shape index (κ2) is 6.44. The fourth-order valence-corrected chi connectivity index (χ4v) is 2.96. The summed E-state index contributed by atoms with van der Waals surface area (Å²) in [6.45, 7) is 1.64. The average molecular weight is 308 g/mol. The van der Waals surface area contributed by atoms with Crippen LogP contribution in [0, 0.1) is 21.4 Å². The van der Waals surface area contributed by atoms with Crippen molar-refractivity contribution in [3.05, 3.63) is 52.3 Å². The number of aromatic nitrogens is 1. The van der Waals surface area contributed by atoms with Gasteiger partial charge in [0.05, 0.1) is 16.6 Å². The molecule has 2 heterocycles. The summed E-state index contributed by atoms with van der Waals surface area (Å²) in [6, 6.07) is 8.81. The maximum absolute atomic E-state index is 11.3. The number of piperidine rings is 1. The van der Waals surface area contributed by atoms with E-state index in [0.717, 1.165) is 37.9 Å². The Morgan fingerprint density at radius 2 is 2.00 bits per heavy atom. The van der Waals surface area contributed by atoms with Gasteiger partial charge >= 0.3 is 0 Å². The number of rotatable bonds is 3. The molecular weight excluding hydrogens is 292 g/mol. The lowest BCUT2D eigenvalue weighted by Gasteiger charge is -2.28. The maximum Gasteiger partial charge on any atom is 0.292 e. The Morgan fingerprint density at radius 1 is 1.22 bits per heavy atom. The second-order valence-electron chi connectivity index (χ2n) is 5.54. The number of anilines is 1. The summed E-state index contributed by atoms with van der Waals surface area (Å²) in [6.07, 6.45) is 6.43. The highest BCUT2D eigenvalue weighted by Gasteiger charge is 2.22. The van der Waals surface area contributed by atoms with E-state index in [1.54, 1.807) is 30.6 Å². The molecule has 0 unspecified atom stereocenters. The first-order valence-corrected chi connectivity index (χ1v) is 7.58. The lowest BCUT2D eigenvalue weighted by Crippen LogP contribution is -2.29. The van der Waals surface area contributed by atoms with Crippen molar-refractivity contribution in [3.63, 3.8) is 0 Å². The summed E-state index contributed by atoms with van der Waals surface area (Å²) >= 11 is 0. The van der Waals surface area contributed by atoms with E-state index in [0.29, 0.717) is 16.8 Å². The highest BCUT2D eigenvalue weighted by atomic mass is 16.6. The van der Waals surface area contributed by atoms with Gasteiger partial charge in [-0.3, -0.25) is 15.1 Å². The molecule has 0 aliphatic carbocycles. The number of benzene rings is 1. The van der Waals surface area contributed by atoms with Crippen molar-refractivity contribution in [2.75, 3.05) is 18.0 Å². The number of hydrogen-bond donors (Lipinski definition) is 0. The Kier molecular flexibility index (Phi) is 4.20. The van der Waals surface area contributed by atoms with E-state index in [4.69, 9.17) is 0 Å². The molecule has 116 valence electrons. The standard InChI is InChI=1S/C17H16N4O2/c18-11-14-6-7-19-12-15(14)13-4-5-16(21(22)23)17(10-13)20-8-2-1-3-9-20/h4-7,10,12H,1-3,8-9H2. The number of pyridine rings is 1. The first-order valence-electron chi connectivity index (χ1n) is 7.58. The zero-order valence-corrected chi connectivity index (χ0v) is 12.6. The van der Waals surface area contributed by atoms with Crippen molar-refractivity contribution < 1.29 is 4.92 Å². The van der Waals surface area contributed by atoms with Gasteiger partial charge < -0.3 is 4.90 Å². The molecule has 1 aliphatic rings. The summed E-state index contributed by atoms with van der Waals surface area (Å²) in [5, 5.41) is 20.6. The fraction of sp³-hybridized carbons (Fsp3) is 0.294. The van der Waals surface area contributed by atoms with E-state index in [2.05, 4.69) is 16.0 Å². The molecule has 1 fully saturated rings. The van der Waals surface area contributed by atoms with Crippen LogP contribution in [0.15, 0.2) is 36.7 Å². The molecule has 0 atom stereocenters. The SMILES string of the molecule is N#Cc1ccncc1-c1ccc([N+](=O)[O-])c(N2CCCCC2)c1. The minimum absolute atomic E-state index is 0.109. The highest BCUT2D eigenvalue weighted by Crippen LogP contribution is 2.35. The molecule has 6 heteroatoms. The van der Waals surface area contributed by atoms with Gasteiger partial charge in [0.2, 0.25) is 0 Å². The largest absolute Gasteiger partial charge is 0.366 e. The summed E-state index contributed by atoms with van der Waals surface area (Å²) in [7, 11) is 0. The van der Waals surface area contributed by atoms with Crippen LogP contribution in [0.25, 0.3) is 11.1 Å². The lowest BCUT2D eigenvalue weighted by molar-refractivity contribution is -0.384. The molecule has 2 aromatic rings. The molecule has 23 heavy (non-hydrogen) atoms. The lowest BCUT2D eigenvalue weighted by atomic mass is 10.0. The average Bonchev–Trinajstić information content (AvgIpc) is 2.61. The molecule has 3 rings (SSSR count). The number of nitriles is 1. The summed E-state index contributed by atoms with van der Waals surface area (Å²) in [5.74, 6) is 0. The topological polar surface area (TPSA) is 83.1 Å². The van der Waals surface area contributed by atoms with Crippen molar-refractivity contribution in [3.8, 4) is 17.2 Å². The van der Waals surface area contributed by atoms with E-state index in [-0.39, 0.29) is 10.6 Å². The Morgan fingerprint density at radius 3 is 2.70 bits per heavy atom. The summed E-state index contributed by atoms with van der Waals surface area (Å²) in [5.41, 5.74) is 2.72. The van der Waals surface area contributed by atoms with Crippen molar-refractivity contribution in [1.29, 1.82) is 5.26 Å². The van der Waals surface area contributed by atoms with E-state index in [1.165, 1.54) is 6.07 Å². The molecule has 0 saturated carbocycles. The minimum Gasteiger partial charge on any atom is -0.366 e. The molecule has 1 saturated heterocycles. The monoisotopic (exact) mass is 308 g/mol.